The lowest BCUT2D eigenvalue weighted by Crippen LogP contribution is -2.53. The molecule has 1 atom stereocenters. The van der Waals surface area contributed by atoms with Gasteiger partial charge < -0.3 is 10.2 Å². The predicted octanol–water partition coefficient (Wildman–Crippen LogP) is 0.164. The van der Waals surface area contributed by atoms with E-state index in [0.717, 1.165) is 12.6 Å². The van der Waals surface area contributed by atoms with E-state index in [2.05, 4.69) is 48.1 Å². The highest BCUT2D eigenvalue weighted by atomic mass is 15.3. The quantitative estimate of drug-likeness (QED) is 0.687. The van der Waals surface area contributed by atoms with Crippen LogP contribution in [-0.4, -0.2) is 87.7 Å². The largest absolute Gasteiger partial charge is 0.318 e. The average Bonchev–Trinajstić information content (AvgIpc) is 2.34. The zero-order chi connectivity index (χ0) is 12.7. The maximum absolute atomic E-state index is 3.31. The van der Waals surface area contributed by atoms with Crippen LogP contribution in [0.15, 0.2) is 0 Å². The van der Waals surface area contributed by atoms with Crippen LogP contribution in [0.4, 0.5) is 0 Å². The molecule has 1 saturated heterocycles. The molecule has 4 nitrogen and oxygen atoms in total. The van der Waals surface area contributed by atoms with Crippen LogP contribution in [0.25, 0.3) is 0 Å². The van der Waals surface area contributed by atoms with Gasteiger partial charge in [0.15, 0.2) is 0 Å². The molecule has 1 rings (SSSR count). The Balaban J connectivity index is 2.24. The van der Waals surface area contributed by atoms with E-state index in [-0.39, 0.29) is 0 Å². The van der Waals surface area contributed by atoms with Crippen molar-refractivity contribution >= 4 is 0 Å². The Kier molecular flexibility index (Phi) is 7.04. The minimum absolute atomic E-state index is 0.719. The topological polar surface area (TPSA) is 21.8 Å². The van der Waals surface area contributed by atoms with E-state index in [1.165, 1.54) is 45.7 Å². The van der Waals surface area contributed by atoms with Crippen LogP contribution in [0.5, 0.6) is 0 Å². The first kappa shape index (κ1) is 14.9. The average molecular weight is 242 g/mol. The minimum atomic E-state index is 0.719. The lowest BCUT2D eigenvalue weighted by Gasteiger charge is -2.39. The molecule has 0 aliphatic carbocycles. The molecule has 1 unspecified atom stereocenters. The van der Waals surface area contributed by atoms with E-state index < -0.39 is 0 Å². The molecule has 1 aliphatic heterocycles. The van der Waals surface area contributed by atoms with Gasteiger partial charge in [-0.25, -0.2) is 0 Å². The highest BCUT2D eigenvalue weighted by Gasteiger charge is 2.21. The standard InChI is InChI=1S/C13H30N4/c1-5-13(12-14-2)17-10-8-16(9-11-17)7-6-15(3)4/h13-14H,5-12H2,1-4H3. The summed E-state index contributed by atoms with van der Waals surface area (Å²) in [6, 6.07) is 0.719. The van der Waals surface area contributed by atoms with Gasteiger partial charge in [0.1, 0.15) is 0 Å². The molecule has 0 spiro atoms. The van der Waals surface area contributed by atoms with Crippen molar-refractivity contribution in [2.45, 2.75) is 19.4 Å². The van der Waals surface area contributed by atoms with Gasteiger partial charge >= 0.3 is 0 Å². The van der Waals surface area contributed by atoms with E-state index in [4.69, 9.17) is 0 Å². The van der Waals surface area contributed by atoms with Gasteiger partial charge in [0.05, 0.1) is 0 Å². The van der Waals surface area contributed by atoms with E-state index in [1.54, 1.807) is 0 Å². The van der Waals surface area contributed by atoms with Crippen LogP contribution in [0.3, 0.4) is 0 Å². The van der Waals surface area contributed by atoms with Gasteiger partial charge in [0, 0.05) is 51.9 Å². The van der Waals surface area contributed by atoms with Gasteiger partial charge in [0.2, 0.25) is 0 Å². The van der Waals surface area contributed by atoms with Gasteiger partial charge in [0.25, 0.3) is 0 Å². The number of hydrogen-bond donors (Lipinski definition) is 1. The molecule has 0 saturated carbocycles. The van der Waals surface area contributed by atoms with Crippen LogP contribution in [-0.2, 0) is 0 Å². The molecular weight excluding hydrogens is 212 g/mol. The highest BCUT2D eigenvalue weighted by molar-refractivity contribution is 4.79. The lowest BCUT2D eigenvalue weighted by atomic mass is 10.1. The van der Waals surface area contributed by atoms with Crippen molar-refractivity contribution < 1.29 is 0 Å². The monoisotopic (exact) mass is 242 g/mol. The summed E-state index contributed by atoms with van der Waals surface area (Å²) < 4.78 is 0. The Labute approximate surface area is 107 Å². The summed E-state index contributed by atoms with van der Waals surface area (Å²) in [5.41, 5.74) is 0. The van der Waals surface area contributed by atoms with E-state index in [1.807, 2.05) is 0 Å². The first-order valence-electron chi connectivity index (χ1n) is 6.93. The molecule has 102 valence electrons. The van der Waals surface area contributed by atoms with Crippen LogP contribution >= 0.6 is 0 Å². The summed E-state index contributed by atoms with van der Waals surface area (Å²) in [5, 5.41) is 3.31. The summed E-state index contributed by atoms with van der Waals surface area (Å²) in [6.45, 7) is 10.7. The Morgan fingerprint density at radius 3 is 2.29 bits per heavy atom. The molecule has 0 bridgehead atoms. The van der Waals surface area contributed by atoms with Crippen molar-refractivity contribution in [1.29, 1.82) is 0 Å². The minimum Gasteiger partial charge on any atom is -0.318 e. The number of nitrogens with one attached hydrogen (secondary N) is 1. The van der Waals surface area contributed by atoms with Crippen molar-refractivity contribution in [2.24, 2.45) is 0 Å². The first-order valence-corrected chi connectivity index (χ1v) is 6.93. The Morgan fingerprint density at radius 1 is 1.18 bits per heavy atom. The van der Waals surface area contributed by atoms with Gasteiger partial charge in [-0.3, -0.25) is 9.80 Å². The van der Waals surface area contributed by atoms with Crippen LogP contribution in [0.1, 0.15) is 13.3 Å². The second kappa shape index (κ2) is 8.03. The second-order valence-corrected chi connectivity index (χ2v) is 5.30. The fourth-order valence-electron chi connectivity index (χ4n) is 2.46. The molecule has 0 aromatic heterocycles. The van der Waals surface area contributed by atoms with Crippen molar-refractivity contribution in [3.63, 3.8) is 0 Å². The SMILES string of the molecule is CCC(CNC)N1CCN(CCN(C)C)CC1. The van der Waals surface area contributed by atoms with Crippen LogP contribution in [0, 0.1) is 0 Å². The summed E-state index contributed by atoms with van der Waals surface area (Å²) >= 11 is 0. The second-order valence-electron chi connectivity index (χ2n) is 5.30. The Hall–Kier alpha value is -0.160. The number of likely N-dealkylation sites (N-methyl/N-ethyl adjacent to an activating group) is 2. The molecule has 0 aromatic rings. The molecule has 4 heteroatoms. The van der Waals surface area contributed by atoms with Gasteiger partial charge in [-0.15, -0.1) is 0 Å². The molecule has 1 N–H and O–H groups in total. The number of nitrogens with zero attached hydrogens (tertiary/aromatic N) is 3. The Morgan fingerprint density at radius 2 is 1.82 bits per heavy atom. The lowest BCUT2D eigenvalue weighted by molar-refractivity contribution is 0.0900. The zero-order valence-corrected chi connectivity index (χ0v) is 12.1. The van der Waals surface area contributed by atoms with Gasteiger partial charge in [-0.2, -0.15) is 0 Å². The first-order chi connectivity index (χ1) is 8.17. The van der Waals surface area contributed by atoms with Gasteiger partial charge in [-0.1, -0.05) is 6.92 Å². The third-order valence-electron chi connectivity index (χ3n) is 3.70. The van der Waals surface area contributed by atoms with Gasteiger partial charge in [-0.05, 0) is 27.6 Å². The van der Waals surface area contributed by atoms with E-state index >= 15 is 0 Å². The zero-order valence-electron chi connectivity index (χ0n) is 12.1. The summed E-state index contributed by atoms with van der Waals surface area (Å²) in [4.78, 5) is 7.49. The van der Waals surface area contributed by atoms with Crippen molar-refractivity contribution in [3.05, 3.63) is 0 Å². The highest BCUT2D eigenvalue weighted by Crippen LogP contribution is 2.08. The smallest absolute Gasteiger partial charge is 0.0218 e. The van der Waals surface area contributed by atoms with Crippen molar-refractivity contribution in [2.75, 3.05) is 67.0 Å². The van der Waals surface area contributed by atoms with Crippen molar-refractivity contribution in [3.8, 4) is 0 Å². The van der Waals surface area contributed by atoms with Crippen LogP contribution in [0.2, 0.25) is 0 Å². The fourth-order valence-corrected chi connectivity index (χ4v) is 2.46. The van der Waals surface area contributed by atoms with Crippen molar-refractivity contribution in [1.82, 2.24) is 20.0 Å². The molecule has 17 heavy (non-hydrogen) atoms. The predicted molar refractivity (Wildman–Crippen MR) is 74.6 cm³/mol. The maximum Gasteiger partial charge on any atom is 0.0218 e. The molecule has 1 heterocycles. The van der Waals surface area contributed by atoms with E-state index in [0.29, 0.717) is 0 Å². The van der Waals surface area contributed by atoms with Crippen LogP contribution < -0.4 is 5.32 Å². The molecule has 0 aromatic carbocycles. The third kappa shape index (κ3) is 5.34. The molecule has 1 fully saturated rings. The summed E-state index contributed by atoms with van der Waals surface area (Å²) in [5.74, 6) is 0. The summed E-state index contributed by atoms with van der Waals surface area (Å²) in [7, 11) is 6.35. The molecule has 0 radical (unpaired) electrons. The molecule has 0 amide bonds. The number of rotatable bonds is 7. The fraction of sp³-hybridized carbons (Fsp3) is 1.00. The Bertz CT molecular complexity index is 188. The van der Waals surface area contributed by atoms with E-state index in [9.17, 15) is 0 Å². The molecular formula is C13H30N4. The maximum atomic E-state index is 3.31. The number of piperazine rings is 1. The molecule has 1 aliphatic rings. The normalized spacial score (nSPS) is 21.0. The number of hydrogen-bond acceptors (Lipinski definition) is 4. The summed E-state index contributed by atoms with van der Waals surface area (Å²) in [6.07, 6.45) is 1.25. The third-order valence-corrected chi connectivity index (χ3v) is 3.70.